The summed E-state index contributed by atoms with van der Waals surface area (Å²) < 4.78 is 5.05. The zero-order valence-corrected chi connectivity index (χ0v) is 11.2. The zero-order chi connectivity index (χ0) is 14.3. The first-order valence-electron chi connectivity index (χ1n) is 6.02. The van der Waals surface area contributed by atoms with Crippen molar-refractivity contribution in [2.24, 2.45) is 11.6 Å². The Kier molecular flexibility index (Phi) is 5.97. The zero-order valence-electron chi connectivity index (χ0n) is 11.2. The van der Waals surface area contributed by atoms with Crippen LogP contribution in [0, 0.1) is 6.92 Å². The molecule has 0 aliphatic rings. The molecule has 1 amide bonds. The number of primary amides is 1. The number of aryl methyl sites for hydroxylation is 1. The Morgan fingerprint density at radius 1 is 1.37 bits per heavy atom. The fraction of sp³-hybridized carbons (Fsp3) is 0.545. The van der Waals surface area contributed by atoms with Crippen LogP contribution < -0.4 is 22.3 Å². The first kappa shape index (κ1) is 15.1. The van der Waals surface area contributed by atoms with Crippen molar-refractivity contribution < 1.29 is 9.53 Å². The van der Waals surface area contributed by atoms with Crippen molar-refractivity contribution in [3.8, 4) is 0 Å². The summed E-state index contributed by atoms with van der Waals surface area (Å²) in [5.41, 5.74) is 8.33. The van der Waals surface area contributed by atoms with Gasteiger partial charge >= 0.3 is 0 Å². The third kappa shape index (κ3) is 4.68. The van der Waals surface area contributed by atoms with E-state index in [4.69, 9.17) is 16.3 Å². The Labute approximate surface area is 111 Å². The number of nitrogens with zero attached hydrogens (tertiary/aromatic N) is 2. The first-order chi connectivity index (χ1) is 9.08. The number of nitrogens with two attached hydrogens (primary N) is 2. The molecule has 0 saturated heterocycles. The predicted octanol–water partition coefficient (Wildman–Crippen LogP) is -0.453. The molecule has 0 spiro atoms. The molecule has 0 radical (unpaired) electrons. The number of carbonyl (C=O) groups excluding carboxylic acids is 1. The van der Waals surface area contributed by atoms with Gasteiger partial charge in [-0.2, -0.15) is 0 Å². The highest BCUT2D eigenvalue weighted by Crippen LogP contribution is 2.18. The fourth-order valence-electron chi connectivity index (χ4n) is 1.45. The van der Waals surface area contributed by atoms with Crippen LogP contribution in [0.5, 0.6) is 0 Å². The van der Waals surface area contributed by atoms with Crippen LogP contribution in [0.3, 0.4) is 0 Å². The maximum atomic E-state index is 10.5. The minimum atomic E-state index is -0.485. The SMILES string of the molecule is CCc1nc(NN)c(C)c(NCCOCC(N)=O)n1. The van der Waals surface area contributed by atoms with E-state index in [2.05, 4.69) is 20.7 Å². The van der Waals surface area contributed by atoms with Gasteiger partial charge < -0.3 is 21.2 Å². The molecule has 1 rings (SSSR count). The van der Waals surface area contributed by atoms with E-state index in [0.29, 0.717) is 37.0 Å². The van der Waals surface area contributed by atoms with Crippen molar-refractivity contribution in [2.45, 2.75) is 20.3 Å². The maximum absolute atomic E-state index is 10.5. The number of amides is 1. The van der Waals surface area contributed by atoms with Gasteiger partial charge in [-0.25, -0.2) is 15.8 Å². The van der Waals surface area contributed by atoms with Crippen LogP contribution in [-0.4, -0.2) is 35.6 Å². The standard InChI is InChI=1S/C11H20N6O2/c1-3-9-15-10(7(2)11(16-9)17-13)14-4-5-19-6-8(12)18/h3-6,13H2,1-2H3,(H2,12,18)(H2,14,15,16,17). The molecule has 0 fully saturated rings. The molecule has 8 heteroatoms. The van der Waals surface area contributed by atoms with Crippen molar-refractivity contribution in [1.29, 1.82) is 0 Å². The summed E-state index contributed by atoms with van der Waals surface area (Å²) >= 11 is 0. The lowest BCUT2D eigenvalue weighted by atomic mass is 10.3. The number of ether oxygens (including phenoxy) is 1. The predicted molar refractivity (Wildman–Crippen MR) is 72.5 cm³/mol. The van der Waals surface area contributed by atoms with Crippen molar-refractivity contribution in [3.63, 3.8) is 0 Å². The number of hydrogen-bond acceptors (Lipinski definition) is 7. The summed E-state index contributed by atoms with van der Waals surface area (Å²) in [4.78, 5) is 19.1. The van der Waals surface area contributed by atoms with E-state index in [9.17, 15) is 4.79 Å². The molecule has 1 aromatic rings. The number of anilines is 2. The molecule has 0 aliphatic carbocycles. The van der Waals surface area contributed by atoms with Crippen molar-refractivity contribution in [1.82, 2.24) is 9.97 Å². The topological polar surface area (TPSA) is 128 Å². The molecule has 0 atom stereocenters. The van der Waals surface area contributed by atoms with Crippen molar-refractivity contribution in [2.75, 3.05) is 30.5 Å². The van der Waals surface area contributed by atoms with Gasteiger partial charge in [0.25, 0.3) is 0 Å². The second kappa shape index (κ2) is 7.49. The Morgan fingerprint density at radius 3 is 2.63 bits per heavy atom. The summed E-state index contributed by atoms with van der Waals surface area (Å²) in [6.45, 7) is 4.61. The maximum Gasteiger partial charge on any atom is 0.243 e. The molecular formula is C11H20N6O2. The smallest absolute Gasteiger partial charge is 0.243 e. The first-order valence-corrected chi connectivity index (χ1v) is 6.02. The number of hydrazine groups is 1. The van der Waals surface area contributed by atoms with Crippen LogP contribution >= 0.6 is 0 Å². The molecule has 0 saturated carbocycles. The van der Waals surface area contributed by atoms with E-state index in [-0.39, 0.29) is 6.61 Å². The van der Waals surface area contributed by atoms with E-state index in [1.165, 1.54) is 0 Å². The van der Waals surface area contributed by atoms with Gasteiger partial charge in [-0.1, -0.05) is 6.92 Å². The molecule has 8 nitrogen and oxygen atoms in total. The molecule has 0 bridgehead atoms. The molecule has 0 aromatic carbocycles. The van der Waals surface area contributed by atoms with Gasteiger partial charge in [0.05, 0.1) is 6.61 Å². The van der Waals surface area contributed by atoms with E-state index in [1.807, 2.05) is 13.8 Å². The average Bonchev–Trinajstić information content (AvgIpc) is 2.39. The van der Waals surface area contributed by atoms with Crippen molar-refractivity contribution >= 4 is 17.5 Å². The summed E-state index contributed by atoms with van der Waals surface area (Å²) in [5.74, 6) is 6.90. The average molecular weight is 268 g/mol. The van der Waals surface area contributed by atoms with Crippen LogP contribution in [0.4, 0.5) is 11.6 Å². The minimum absolute atomic E-state index is 0.0831. The van der Waals surface area contributed by atoms with E-state index >= 15 is 0 Å². The molecule has 0 unspecified atom stereocenters. The monoisotopic (exact) mass is 268 g/mol. The third-order valence-electron chi connectivity index (χ3n) is 2.43. The number of aromatic nitrogens is 2. The van der Waals surface area contributed by atoms with Gasteiger partial charge in [-0.15, -0.1) is 0 Å². The second-order valence-corrected chi connectivity index (χ2v) is 3.91. The van der Waals surface area contributed by atoms with Gasteiger partial charge in [0.1, 0.15) is 24.1 Å². The van der Waals surface area contributed by atoms with Gasteiger partial charge in [-0.05, 0) is 6.92 Å². The number of carbonyl (C=O) groups is 1. The second-order valence-electron chi connectivity index (χ2n) is 3.91. The fourth-order valence-corrected chi connectivity index (χ4v) is 1.45. The molecule has 6 N–H and O–H groups in total. The van der Waals surface area contributed by atoms with Crippen molar-refractivity contribution in [3.05, 3.63) is 11.4 Å². The molecular weight excluding hydrogens is 248 g/mol. The quantitative estimate of drug-likeness (QED) is 0.285. The third-order valence-corrected chi connectivity index (χ3v) is 2.43. The largest absolute Gasteiger partial charge is 0.370 e. The Balaban J connectivity index is 2.59. The van der Waals surface area contributed by atoms with Crippen LogP contribution in [-0.2, 0) is 16.0 Å². The van der Waals surface area contributed by atoms with Gasteiger partial charge in [0.15, 0.2) is 0 Å². The van der Waals surface area contributed by atoms with Gasteiger partial charge in [-0.3, -0.25) is 4.79 Å². The highest BCUT2D eigenvalue weighted by Gasteiger charge is 2.08. The molecule has 1 heterocycles. The molecule has 0 aliphatic heterocycles. The van der Waals surface area contributed by atoms with Crippen LogP contribution in [0.1, 0.15) is 18.3 Å². The molecule has 106 valence electrons. The summed E-state index contributed by atoms with van der Waals surface area (Å²) in [6.07, 6.45) is 0.710. The van der Waals surface area contributed by atoms with E-state index in [0.717, 1.165) is 5.56 Å². The lowest BCUT2D eigenvalue weighted by Gasteiger charge is -2.13. The Hall–Kier alpha value is -1.93. The van der Waals surface area contributed by atoms with Gasteiger partial charge in [0, 0.05) is 18.5 Å². The lowest BCUT2D eigenvalue weighted by molar-refractivity contribution is -0.122. The Bertz CT molecular complexity index is 437. The van der Waals surface area contributed by atoms with Gasteiger partial charge in [0.2, 0.25) is 5.91 Å². The van der Waals surface area contributed by atoms with Crippen LogP contribution in [0.25, 0.3) is 0 Å². The summed E-state index contributed by atoms with van der Waals surface area (Å²) in [5, 5.41) is 3.11. The lowest BCUT2D eigenvalue weighted by Crippen LogP contribution is -2.21. The Morgan fingerprint density at radius 2 is 2.05 bits per heavy atom. The van der Waals surface area contributed by atoms with Crippen LogP contribution in [0.2, 0.25) is 0 Å². The van der Waals surface area contributed by atoms with Crippen LogP contribution in [0.15, 0.2) is 0 Å². The number of rotatable bonds is 8. The molecule has 19 heavy (non-hydrogen) atoms. The van der Waals surface area contributed by atoms with E-state index in [1.54, 1.807) is 0 Å². The minimum Gasteiger partial charge on any atom is -0.370 e. The highest BCUT2D eigenvalue weighted by molar-refractivity contribution is 5.74. The summed E-state index contributed by atoms with van der Waals surface area (Å²) in [7, 11) is 0. The number of nitrogens with one attached hydrogen (secondary N) is 2. The highest BCUT2D eigenvalue weighted by atomic mass is 16.5. The normalized spacial score (nSPS) is 10.3. The molecule has 1 aromatic heterocycles. The summed E-state index contributed by atoms with van der Waals surface area (Å²) in [6, 6.07) is 0. The van der Waals surface area contributed by atoms with E-state index < -0.39 is 5.91 Å². The number of hydrogen-bond donors (Lipinski definition) is 4. The number of nitrogen functional groups attached to an aromatic ring is 1.